The van der Waals surface area contributed by atoms with Gasteiger partial charge in [0, 0.05) is 24.1 Å². The van der Waals surface area contributed by atoms with Gasteiger partial charge in [-0.1, -0.05) is 143 Å². The van der Waals surface area contributed by atoms with Crippen molar-refractivity contribution < 1.29 is 28.6 Å². The van der Waals surface area contributed by atoms with Crippen LogP contribution in [0.25, 0.3) is 0 Å². The van der Waals surface area contributed by atoms with E-state index in [1.807, 2.05) is 0 Å². The maximum Gasteiger partial charge on any atom is 0.333 e. The molecule has 0 heterocycles. The molecule has 0 spiro atoms. The van der Waals surface area contributed by atoms with Gasteiger partial charge in [0.2, 0.25) is 6.29 Å². The van der Waals surface area contributed by atoms with E-state index in [9.17, 15) is 14.4 Å². The Morgan fingerprint density at radius 2 is 0.950 bits per heavy atom. The molecule has 0 saturated carbocycles. The average Bonchev–Trinajstić information content (AvgIpc) is 2.94. The van der Waals surface area contributed by atoms with Crippen LogP contribution in [0.1, 0.15) is 149 Å². The lowest BCUT2D eigenvalue weighted by Gasteiger charge is -2.16. The summed E-state index contributed by atoms with van der Waals surface area (Å²) < 4.78 is 14.8. The van der Waals surface area contributed by atoms with Gasteiger partial charge < -0.3 is 14.2 Å². The van der Waals surface area contributed by atoms with Gasteiger partial charge >= 0.3 is 17.9 Å². The molecule has 0 amide bonds. The molecule has 0 aliphatic heterocycles. The normalized spacial score (nSPS) is 10.3. The number of carbonyl (C=O) groups excluding carboxylic acids is 3. The van der Waals surface area contributed by atoms with Crippen molar-refractivity contribution in [2.45, 2.75) is 155 Å². The molecule has 0 aromatic carbocycles. The lowest BCUT2D eigenvalue weighted by Crippen LogP contribution is -2.23. The van der Waals surface area contributed by atoms with E-state index >= 15 is 0 Å². The summed E-state index contributed by atoms with van der Waals surface area (Å²) in [6.45, 7) is 16.7. The highest BCUT2D eigenvalue weighted by atomic mass is 16.7. The first-order chi connectivity index (χ1) is 19.3. The van der Waals surface area contributed by atoms with Crippen LogP contribution in [0.5, 0.6) is 0 Å². The third-order valence-electron chi connectivity index (χ3n) is 6.45. The minimum absolute atomic E-state index is 0.254. The number of unbranched alkanes of at least 4 members (excludes halogenated alkanes) is 17. The monoisotopic (exact) mass is 564 g/mol. The van der Waals surface area contributed by atoms with Crippen molar-refractivity contribution in [3.8, 4) is 0 Å². The number of ether oxygens (including phenoxy) is 3. The van der Waals surface area contributed by atoms with Gasteiger partial charge in [0.1, 0.15) is 0 Å². The zero-order chi connectivity index (χ0) is 30.3. The molecule has 232 valence electrons. The maximum absolute atomic E-state index is 11.2. The SMILES string of the molecule is C=C(C)C(=O)OCCCCCCCCCCCCCCCCCC.C=CC(=O)OC(CCCCC)OC(=O)C=C. The minimum Gasteiger partial charge on any atom is -0.462 e. The second-order valence-electron chi connectivity index (χ2n) is 10.4. The lowest BCUT2D eigenvalue weighted by molar-refractivity contribution is -0.182. The maximum atomic E-state index is 11.2. The summed E-state index contributed by atoms with van der Waals surface area (Å²) >= 11 is 0. The predicted octanol–water partition coefficient (Wildman–Crippen LogP) is 9.72. The van der Waals surface area contributed by atoms with E-state index in [4.69, 9.17) is 14.2 Å². The molecule has 0 fully saturated rings. The van der Waals surface area contributed by atoms with Crippen molar-refractivity contribution in [2.24, 2.45) is 0 Å². The Bertz CT molecular complexity index is 647. The first-order valence-electron chi connectivity index (χ1n) is 15.8. The van der Waals surface area contributed by atoms with Crippen LogP contribution in [-0.2, 0) is 28.6 Å². The molecule has 0 rings (SSSR count). The van der Waals surface area contributed by atoms with Crippen LogP contribution in [0, 0.1) is 0 Å². The molecular formula is C34H60O6. The smallest absolute Gasteiger partial charge is 0.333 e. The quantitative estimate of drug-likeness (QED) is 0.0450. The predicted molar refractivity (Wildman–Crippen MR) is 166 cm³/mol. The highest BCUT2D eigenvalue weighted by Gasteiger charge is 2.15. The Kier molecular flexibility index (Phi) is 31.0. The summed E-state index contributed by atoms with van der Waals surface area (Å²) in [5.41, 5.74) is 0.492. The summed E-state index contributed by atoms with van der Waals surface area (Å²) in [5, 5.41) is 0. The Labute approximate surface area is 246 Å². The van der Waals surface area contributed by atoms with E-state index in [2.05, 4.69) is 33.6 Å². The molecular weight excluding hydrogens is 504 g/mol. The summed E-state index contributed by atoms with van der Waals surface area (Å²) in [4.78, 5) is 33.1. The molecule has 0 bridgehead atoms. The number of hydrogen-bond acceptors (Lipinski definition) is 6. The average molecular weight is 565 g/mol. The standard InChI is InChI=1S/C22H42O2.C12H18O4/c1-4-5-6-7-8-9-10-11-12-13-14-15-16-17-18-19-20-24-22(23)21(2)3;1-4-7-8-9-12(15-10(13)5-2)16-11(14)6-3/h2,4-20H2,1,3H3;5-6,12H,2-4,7-9H2,1H3. The Morgan fingerprint density at radius 3 is 1.30 bits per heavy atom. The molecule has 0 N–H and O–H groups in total. The molecule has 0 unspecified atom stereocenters. The summed E-state index contributed by atoms with van der Waals surface area (Å²) in [7, 11) is 0. The van der Waals surface area contributed by atoms with Gasteiger partial charge in [-0.3, -0.25) is 0 Å². The molecule has 0 radical (unpaired) electrons. The zero-order valence-corrected chi connectivity index (χ0v) is 26.2. The molecule has 0 saturated heterocycles. The summed E-state index contributed by atoms with van der Waals surface area (Å²) in [5.74, 6) is -1.45. The second kappa shape index (κ2) is 31.2. The largest absolute Gasteiger partial charge is 0.462 e. The third-order valence-corrected chi connectivity index (χ3v) is 6.45. The molecule has 0 aromatic heterocycles. The van der Waals surface area contributed by atoms with Crippen LogP contribution in [-0.4, -0.2) is 30.8 Å². The van der Waals surface area contributed by atoms with Crippen molar-refractivity contribution >= 4 is 17.9 Å². The molecule has 6 nitrogen and oxygen atoms in total. The first kappa shape index (κ1) is 39.8. The Hall–Kier alpha value is -2.37. The fraction of sp³-hybridized carbons (Fsp3) is 0.735. The van der Waals surface area contributed by atoms with Crippen molar-refractivity contribution in [1.82, 2.24) is 0 Å². The first-order valence-corrected chi connectivity index (χ1v) is 15.8. The van der Waals surface area contributed by atoms with Crippen molar-refractivity contribution in [3.05, 3.63) is 37.5 Å². The summed E-state index contributed by atoms with van der Waals surface area (Å²) in [6.07, 6.45) is 26.3. The molecule has 0 aromatic rings. The minimum atomic E-state index is -0.845. The van der Waals surface area contributed by atoms with Gasteiger partial charge in [-0.25, -0.2) is 14.4 Å². The van der Waals surface area contributed by atoms with Gasteiger partial charge in [0.15, 0.2) is 0 Å². The van der Waals surface area contributed by atoms with E-state index in [-0.39, 0.29) is 5.97 Å². The van der Waals surface area contributed by atoms with Crippen LogP contribution in [0.15, 0.2) is 37.5 Å². The fourth-order valence-electron chi connectivity index (χ4n) is 4.00. The highest BCUT2D eigenvalue weighted by molar-refractivity contribution is 5.86. The van der Waals surface area contributed by atoms with Gasteiger partial charge in [-0.05, 0) is 19.8 Å². The lowest BCUT2D eigenvalue weighted by atomic mass is 10.0. The van der Waals surface area contributed by atoms with E-state index < -0.39 is 18.2 Å². The Morgan fingerprint density at radius 1 is 0.600 bits per heavy atom. The molecule has 0 atom stereocenters. The van der Waals surface area contributed by atoms with E-state index in [0.29, 0.717) is 18.6 Å². The van der Waals surface area contributed by atoms with Crippen LogP contribution in [0.3, 0.4) is 0 Å². The zero-order valence-electron chi connectivity index (χ0n) is 26.2. The number of hydrogen-bond donors (Lipinski definition) is 0. The number of rotatable bonds is 26. The van der Waals surface area contributed by atoms with Crippen molar-refractivity contribution in [3.63, 3.8) is 0 Å². The number of esters is 3. The van der Waals surface area contributed by atoms with Crippen LogP contribution >= 0.6 is 0 Å². The molecule has 0 aliphatic carbocycles. The van der Waals surface area contributed by atoms with Crippen LogP contribution in [0.4, 0.5) is 0 Å². The van der Waals surface area contributed by atoms with Gasteiger partial charge in [0.05, 0.1) is 6.61 Å². The van der Waals surface area contributed by atoms with E-state index in [0.717, 1.165) is 37.8 Å². The van der Waals surface area contributed by atoms with Crippen molar-refractivity contribution in [1.29, 1.82) is 0 Å². The molecule has 40 heavy (non-hydrogen) atoms. The van der Waals surface area contributed by atoms with Crippen LogP contribution in [0.2, 0.25) is 0 Å². The van der Waals surface area contributed by atoms with Gasteiger partial charge in [-0.2, -0.15) is 0 Å². The molecule has 6 heteroatoms. The fourth-order valence-corrected chi connectivity index (χ4v) is 4.00. The molecule has 0 aliphatic rings. The summed E-state index contributed by atoms with van der Waals surface area (Å²) in [6, 6.07) is 0. The topological polar surface area (TPSA) is 78.9 Å². The van der Waals surface area contributed by atoms with Crippen LogP contribution < -0.4 is 0 Å². The Balaban J connectivity index is 0. The van der Waals surface area contributed by atoms with Gasteiger partial charge in [-0.15, -0.1) is 0 Å². The van der Waals surface area contributed by atoms with E-state index in [1.165, 1.54) is 96.3 Å². The van der Waals surface area contributed by atoms with Gasteiger partial charge in [0.25, 0.3) is 0 Å². The number of carbonyl (C=O) groups is 3. The third kappa shape index (κ3) is 30.2. The van der Waals surface area contributed by atoms with E-state index in [1.54, 1.807) is 6.92 Å². The highest BCUT2D eigenvalue weighted by Crippen LogP contribution is 2.14. The second-order valence-corrected chi connectivity index (χ2v) is 10.4. The van der Waals surface area contributed by atoms with Crippen molar-refractivity contribution in [2.75, 3.05) is 6.61 Å².